The van der Waals surface area contributed by atoms with E-state index in [1.165, 1.54) is 36.4 Å². The van der Waals surface area contributed by atoms with E-state index >= 15 is 0 Å². The smallest absolute Gasteiger partial charge is 0.418 e. The van der Waals surface area contributed by atoms with E-state index in [2.05, 4.69) is 10.0 Å². The van der Waals surface area contributed by atoms with Gasteiger partial charge in [-0.2, -0.15) is 13.2 Å². The number of ether oxygens (including phenoxy) is 1. The van der Waals surface area contributed by atoms with Gasteiger partial charge in [-0.25, -0.2) is 13.1 Å². The molecule has 158 valence electrons. The molecule has 0 aliphatic carbocycles. The summed E-state index contributed by atoms with van der Waals surface area (Å²) >= 11 is 0. The van der Waals surface area contributed by atoms with Gasteiger partial charge >= 0.3 is 6.18 Å². The summed E-state index contributed by atoms with van der Waals surface area (Å²) in [6.07, 6.45) is -4.60. The number of hydrogen-bond acceptors (Lipinski definition) is 4. The van der Waals surface area contributed by atoms with Crippen LogP contribution in [0.4, 0.5) is 18.9 Å². The number of nitrogens with one attached hydrogen (secondary N) is 2. The zero-order valence-electron chi connectivity index (χ0n) is 16.0. The van der Waals surface area contributed by atoms with Gasteiger partial charge in [-0.15, -0.1) is 0 Å². The lowest BCUT2D eigenvalue weighted by atomic mass is 10.1. The summed E-state index contributed by atoms with van der Waals surface area (Å²) in [5, 5.41) is 2.16. The van der Waals surface area contributed by atoms with Crippen LogP contribution < -0.4 is 14.8 Å². The lowest BCUT2D eigenvalue weighted by molar-refractivity contribution is -0.137. The third-order valence-electron chi connectivity index (χ3n) is 3.45. The molecule has 0 radical (unpaired) electrons. The van der Waals surface area contributed by atoms with Gasteiger partial charge in [-0.05, 0) is 57.2 Å². The fraction of sp³-hybridized carbons (Fsp3) is 0.316. The Labute approximate surface area is 167 Å². The largest absolute Gasteiger partial charge is 0.484 e. The Morgan fingerprint density at radius 1 is 1.00 bits per heavy atom. The highest BCUT2D eigenvalue weighted by Gasteiger charge is 2.33. The quantitative estimate of drug-likeness (QED) is 0.730. The van der Waals surface area contributed by atoms with Crippen LogP contribution in [-0.4, -0.2) is 26.5 Å². The van der Waals surface area contributed by atoms with Crippen LogP contribution in [0.25, 0.3) is 0 Å². The number of rotatable bonds is 6. The molecular formula is C19H21F3N2O4S. The predicted molar refractivity (Wildman–Crippen MR) is 102 cm³/mol. The topological polar surface area (TPSA) is 84.5 Å². The maximum Gasteiger partial charge on any atom is 0.418 e. The van der Waals surface area contributed by atoms with Crippen LogP contribution in [0.5, 0.6) is 5.75 Å². The number of benzene rings is 2. The molecular weight excluding hydrogens is 409 g/mol. The first-order valence-corrected chi connectivity index (χ1v) is 9.99. The van der Waals surface area contributed by atoms with Crippen molar-refractivity contribution in [3.63, 3.8) is 0 Å². The van der Waals surface area contributed by atoms with Crippen LogP contribution in [0.15, 0.2) is 53.4 Å². The molecule has 2 aromatic rings. The Kier molecular flexibility index (Phi) is 6.59. The molecule has 0 atom stereocenters. The lowest BCUT2D eigenvalue weighted by Crippen LogP contribution is -2.40. The first-order chi connectivity index (χ1) is 13.3. The molecule has 29 heavy (non-hydrogen) atoms. The number of halogens is 3. The third-order valence-corrected chi connectivity index (χ3v) is 5.22. The average Bonchev–Trinajstić information content (AvgIpc) is 2.58. The summed E-state index contributed by atoms with van der Waals surface area (Å²) in [5.74, 6) is -0.591. The minimum atomic E-state index is -4.60. The summed E-state index contributed by atoms with van der Waals surface area (Å²) < 4.78 is 71.0. The van der Waals surface area contributed by atoms with E-state index in [1.54, 1.807) is 20.8 Å². The minimum Gasteiger partial charge on any atom is -0.484 e. The molecule has 0 saturated carbocycles. The molecule has 2 rings (SSSR count). The first kappa shape index (κ1) is 22.7. The van der Waals surface area contributed by atoms with Crippen molar-refractivity contribution in [1.82, 2.24) is 4.72 Å². The molecule has 0 aliphatic rings. The molecule has 0 aromatic heterocycles. The second-order valence-electron chi connectivity index (χ2n) is 7.21. The summed E-state index contributed by atoms with van der Waals surface area (Å²) in [4.78, 5) is 12.0. The van der Waals surface area contributed by atoms with Gasteiger partial charge in [0.1, 0.15) is 5.75 Å². The van der Waals surface area contributed by atoms with E-state index in [1.807, 2.05) is 0 Å². The Morgan fingerprint density at radius 3 is 2.14 bits per heavy atom. The maximum absolute atomic E-state index is 12.9. The van der Waals surface area contributed by atoms with Crippen molar-refractivity contribution in [2.75, 3.05) is 11.9 Å². The van der Waals surface area contributed by atoms with E-state index in [-0.39, 0.29) is 16.3 Å². The fourth-order valence-electron chi connectivity index (χ4n) is 2.35. The van der Waals surface area contributed by atoms with Crippen molar-refractivity contribution < 1.29 is 31.1 Å². The average molecular weight is 430 g/mol. The van der Waals surface area contributed by atoms with Gasteiger partial charge < -0.3 is 10.1 Å². The molecule has 0 fully saturated rings. The van der Waals surface area contributed by atoms with Crippen LogP contribution in [0.1, 0.15) is 26.3 Å². The van der Waals surface area contributed by atoms with Gasteiger partial charge in [0.15, 0.2) is 6.61 Å². The van der Waals surface area contributed by atoms with Crippen LogP contribution in [0.3, 0.4) is 0 Å². The Bertz CT molecular complexity index is 966. The Hall–Kier alpha value is -2.59. The molecule has 2 N–H and O–H groups in total. The summed E-state index contributed by atoms with van der Waals surface area (Å²) in [7, 11) is -3.72. The molecule has 1 amide bonds. The third kappa shape index (κ3) is 6.75. The molecule has 0 bridgehead atoms. The molecule has 0 unspecified atom stereocenters. The minimum absolute atomic E-state index is 0.0170. The van der Waals surface area contributed by atoms with Crippen LogP contribution in [-0.2, 0) is 21.0 Å². The highest BCUT2D eigenvalue weighted by atomic mass is 32.2. The monoisotopic (exact) mass is 430 g/mol. The van der Waals surface area contributed by atoms with E-state index in [4.69, 9.17) is 4.74 Å². The van der Waals surface area contributed by atoms with E-state index in [0.717, 1.165) is 12.1 Å². The Morgan fingerprint density at radius 2 is 1.59 bits per heavy atom. The fourth-order valence-corrected chi connectivity index (χ4v) is 3.77. The second kappa shape index (κ2) is 8.42. The van der Waals surface area contributed by atoms with Gasteiger partial charge in [0.05, 0.1) is 16.1 Å². The number of para-hydroxylation sites is 1. The normalized spacial score (nSPS) is 12.5. The van der Waals surface area contributed by atoms with Crippen molar-refractivity contribution in [1.29, 1.82) is 0 Å². The molecule has 0 heterocycles. The molecule has 0 saturated heterocycles. The van der Waals surface area contributed by atoms with Crippen LogP contribution in [0.2, 0.25) is 0 Å². The zero-order valence-corrected chi connectivity index (χ0v) is 16.8. The van der Waals surface area contributed by atoms with Gasteiger partial charge in [-0.3, -0.25) is 4.79 Å². The number of sulfonamides is 1. The molecule has 0 aliphatic heterocycles. The molecule has 6 nitrogen and oxygen atoms in total. The van der Waals surface area contributed by atoms with E-state index in [0.29, 0.717) is 0 Å². The van der Waals surface area contributed by atoms with E-state index in [9.17, 15) is 26.4 Å². The summed E-state index contributed by atoms with van der Waals surface area (Å²) in [6.45, 7) is 4.57. The van der Waals surface area contributed by atoms with Gasteiger partial charge in [0, 0.05) is 5.54 Å². The Balaban J connectivity index is 2.00. The van der Waals surface area contributed by atoms with Gasteiger partial charge in [0.2, 0.25) is 10.0 Å². The lowest BCUT2D eigenvalue weighted by Gasteiger charge is -2.20. The summed E-state index contributed by atoms with van der Waals surface area (Å²) in [5.41, 5.74) is -1.99. The van der Waals surface area contributed by atoms with Gasteiger partial charge in [0.25, 0.3) is 5.91 Å². The van der Waals surface area contributed by atoms with Gasteiger partial charge in [-0.1, -0.05) is 12.1 Å². The molecule has 2 aromatic carbocycles. The van der Waals surface area contributed by atoms with Crippen molar-refractivity contribution in [2.45, 2.75) is 37.4 Å². The maximum atomic E-state index is 12.9. The number of amides is 1. The standard InChI is InChI=1S/C19H21F3N2O4S/c1-18(2,3)24-29(26,27)14-10-8-13(9-11-14)28-12-17(25)23-16-7-5-4-6-15(16)19(20,21)22/h4-11,24H,12H2,1-3H3,(H,23,25). The number of carbonyl (C=O) groups is 1. The van der Waals surface area contributed by atoms with Crippen molar-refractivity contribution in [3.05, 3.63) is 54.1 Å². The molecule has 10 heteroatoms. The van der Waals surface area contributed by atoms with Crippen LogP contribution >= 0.6 is 0 Å². The van der Waals surface area contributed by atoms with Crippen molar-refractivity contribution >= 4 is 21.6 Å². The molecule has 0 spiro atoms. The number of carbonyl (C=O) groups excluding carboxylic acids is 1. The number of alkyl halides is 3. The summed E-state index contributed by atoms with van der Waals surface area (Å²) in [6, 6.07) is 9.92. The predicted octanol–water partition coefficient (Wildman–Crippen LogP) is 3.80. The first-order valence-electron chi connectivity index (χ1n) is 8.51. The van der Waals surface area contributed by atoms with Crippen molar-refractivity contribution in [3.8, 4) is 5.75 Å². The SMILES string of the molecule is CC(C)(C)NS(=O)(=O)c1ccc(OCC(=O)Nc2ccccc2C(F)(F)F)cc1. The number of anilines is 1. The van der Waals surface area contributed by atoms with Crippen LogP contribution in [0, 0.1) is 0 Å². The number of hydrogen-bond donors (Lipinski definition) is 2. The highest BCUT2D eigenvalue weighted by Crippen LogP contribution is 2.34. The highest BCUT2D eigenvalue weighted by molar-refractivity contribution is 7.89. The second-order valence-corrected chi connectivity index (χ2v) is 8.89. The zero-order chi connectivity index (χ0) is 21.9. The van der Waals surface area contributed by atoms with E-state index < -0.39 is 39.8 Å². The van der Waals surface area contributed by atoms with Crippen molar-refractivity contribution in [2.24, 2.45) is 0 Å².